The normalized spacial score (nSPS) is 24.7. The Hall–Kier alpha value is -0.120. The quantitative estimate of drug-likeness (QED) is 0.702. The molecule has 1 aliphatic heterocycles. The zero-order chi connectivity index (χ0) is 13.5. The van der Waals surface area contributed by atoms with Crippen LogP contribution in [-0.2, 0) is 0 Å². The first-order valence-electron chi connectivity index (χ1n) is 7.69. The van der Waals surface area contributed by atoms with Crippen molar-refractivity contribution in [2.24, 2.45) is 5.92 Å². The van der Waals surface area contributed by atoms with Crippen molar-refractivity contribution in [3.63, 3.8) is 0 Å². The van der Waals surface area contributed by atoms with Crippen LogP contribution in [0.5, 0.6) is 0 Å². The molecule has 0 amide bonds. The van der Waals surface area contributed by atoms with Crippen LogP contribution in [0.25, 0.3) is 0 Å². The van der Waals surface area contributed by atoms with Gasteiger partial charge in [-0.05, 0) is 39.3 Å². The van der Waals surface area contributed by atoms with Crippen molar-refractivity contribution in [1.29, 1.82) is 0 Å². The van der Waals surface area contributed by atoms with E-state index in [1.54, 1.807) is 0 Å². The molecule has 0 radical (unpaired) electrons. The maximum absolute atomic E-state index is 3.60. The van der Waals surface area contributed by atoms with Crippen LogP contribution in [-0.4, -0.2) is 61.7 Å². The third kappa shape index (κ3) is 5.25. The first-order valence-corrected chi connectivity index (χ1v) is 7.69. The van der Waals surface area contributed by atoms with Crippen LogP contribution in [0.15, 0.2) is 0 Å². The van der Waals surface area contributed by atoms with Gasteiger partial charge in [0.25, 0.3) is 0 Å². The smallest absolute Gasteiger partial charge is 0.0218 e. The highest BCUT2D eigenvalue weighted by molar-refractivity contribution is 4.82. The molecule has 1 N–H and O–H groups in total. The average Bonchev–Trinajstić information content (AvgIpc) is 2.34. The van der Waals surface area contributed by atoms with Gasteiger partial charge >= 0.3 is 0 Å². The second kappa shape index (κ2) is 8.13. The van der Waals surface area contributed by atoms with Gasteiger partial charge in [-0.3, -0.25) is 4.90 Å². The standard InChI is InChI=1S/C15H33N3/c1-6-15-12-18(10-9-17(15)5)14(4)11-16-8-7-13(2)3/h13-16H,6-12H2,1-5H3. The Balaban J connectivity index is 2.23. The van der Waals surface area contributed by atoms with Crippen molar-refractivity contribution < 1.29 is 0 Å². The van der Waals surface area contributed by atoms with E-state index in [-0.39, 0.29) is 0 Å². The molecule has 1 fully saturated rings. The van der Waals surface area contributed by atoms with Gasteiger partial charge in [0.15, 0.2) is 0 Å². The van der Waals surface area contributed by atoms with Gasteiger partial charge in [-0.15, -0.1) is 0 Å². The molecule has 1 saturated heterocycles. The summed E-state index contributed by atoms with van der Waals surface area (Å²) in [5, 5.41) is 3.60. The number of likely N-dealkylation sites (N-methyl/N-ethyl adjacent to an activating group) is 1. The molecule has 3 nitrogen and oxygen atoms in total. The first-order chi connectivity index (χ1) is 8.54. The third-order valence-corrected chi connectivity index (χ3v) is 4.24. The van der Waals surface area contributed by atoms with Gasteiger partial charge in [0.1, 0.15) is 0 Å². The van der Waals surface area contributed by atoms with E-state index < -0.39 is 0 Å². The lowest BCUT2D eigenvalue weighted by Gasteiger charge is -2.42. The molecule has 0 aliphatic carbocycles. The lowest BCUT2D eigenvalue weighted by atomic mass is 10.1. The molecule has 2 atom stereocenters. The molecule has 0 aromatic heterocycles. The lowest BCUT2D eigenvalue weighted by molar-refractivity contribution is 0.0675. The first kappa shape index (κ1) is 15.9. The molecule has 1 heterocycles. The molecule has 1 aliphatic rings. The van der Waals surface area contributed by atoms with Crippen LogP contribution >= 0.6 is 0 Å². The largest absolute Gasteiger partial charge is 0.315 e. The third-order valence-electron chi connectivity index (χ3n) is 4.24. The number of hydrogen-bond acceptors (Lipinski definition) is 3. The topological polar surface area (TPSA) is 18.5 Å². The Morgan fingerprint density at radius 3 is 2.56 bits per heavy atom. The van der Waals surface area contributed by atoms with Gasteiger partial charge in [-0.25, -0.2) is 0 Å². The molecule has 0 bridgehead atoms. The molecule has 0 saturated carbocycles. The summed E-state index contributed by atoms with van der Waals surface area (Å²) in [5.74, 6) is 0.806. The second-order valence-corrected chi connectivity index (χ2v) is 6.27. The molecule has 2 unspecified atom stereocenters. The molecule has 0 spiro atoms. The summed E-state index contributed by atoms with van der Waals surface area (Å²) >= 11 is 0. The molecule has 108 valence electrons. The number of nitrogens with zero attached hydrogens (tertiary/aromatic N) is 2. The Bertz CT molecular complexity index is 218. The fourth-order valence-corrected chi connectivity index (χ4v) is 2.64. The van der Waals surface area contributed by atoms with Crippen molar-refractivity contribution >= 4 is 0 Å². The fourth-order valence-electron chi connectivity index (χ4n) is 2.64. The minimum Gasteiger partial charge on any atom is -0.315 e. The van der Waals surface area contributed by atoms with Crippen LogP contribution in [0.3, 0.4) is 0 Å². The van der Waals surface area contributed by atoms with E-state index in [9.17, 15) is 0 Å². The lowest BCUT2D eigenvalue weighted by Crippen LogP contribution is -2.55. The molecule has 0 aromatic carbocycles. The minimum absolute atomic E-state index is 0.667. The monoisotopic (exact) mass is 255 g/mol. The van der Waals surface area contributed by atoms with Crippen LogP contribution in [0.2, 0.25) is 0 Å². The molecular weight excluding hydrogens is 222 g/mol. The van der Waals surface area contributed by atoms with E-state index in [1.165, 1.54) is 32.5 Å². The molecule has 18 heavy (non-hydrogen) atoms. The maximum atomic E-state index is 3.60. The predicted molar refractivity (Wildman–Crippen MR) is 80.1 cm³/mol. The summed E-state index contributed by atoms with van der Waals surface area (Å²) in [6.07, 6.45) is 2.55. The van der Waals surface area contributed by atoms with E-state index in [0.717, 1.165) is 25.0 Å². The summed E-state index contributed by atoms with van der Waals surface area (Å²) in [6.45, 7) is 15.2. The van der Waals surface area contributed by atoms with Crippen LogP contribution in [0.1, 0.15) is 40.5 Å². The summed E-state index contributed by atoms with van der Waals surface area (Å²) in [7, 11) is 2.26. The van der Waals surface area contributed by atoms with E-state index in [2.05, 4.69) is 49.9 Å². The van der Waals surface area contributed by atoms with Crippen LogP contribution in [0, 0.1) is 5.92 Å². The number of rotatable bonds is 7. The molecule has 3 heteroatoms. The zero-order valence-electron chi connectivity index (χ0n) is 13.1. The highest BCUT2D eigenvalue weighted by Crippen LogP contribution is 2.13. The van der Waals surface area contributed by atoms with Gasteiger partial charge in [0.05, 0.1) is 0 Å². The van der Waals surface area contributed by atoms with Crippen molar-refractivity contribution in [1.82, 2.24) is 15.1 Å². The fraction of sp³-hybridized carbons (Fsp3) is 1.00. The van der Waals surface area contributed by atoms with Gasteiger partial charge in [-0.1, -0.05) is 20.8 Å². The Kier molecular flexibility index (Phi) is 7.20. The van der Waals surface area contributed by atoms with Crippen molar-refractivity contribution in [2.75, 3.05) is 39.8 Å². The summed E-state index contributed by atoms with van der Waals surface area (Å²) in [4.78, 5) is 5.16. The Morgan fingerprint density at radius 1 is 1.22 bits per heavy atom. The van der Waals surface area contributed by atoms with E-state index in [1.807, 2.05) is 0 Å². The van der Waals surface area contributed by atoms with E-state index in [0.29, 0.717) is 6.04 Å². The van der Waals surface area contributed by atoms with Crippen LogP contribution in [0.4, 0.5) is 0 Å². The van der Waals surface area contributed by atoms with Crippen molar-refractivity contribution in [2.45, 2.75) is 52.6 Å². The second-order valence-electron chi connectivity index (χ2n) is 6.27. The molecule has 1 rings (SSSR count). The average molecular weight is 255 g/mol. The van der Waals surface area contributed by atoms with Crippen molar-refractivity contribution in [3.05, 3.63) is 0 Å². The van der Waals surface area contributed by atoms with Gasteiger partial charge in [0, 0.05) is 38.3 Å². The molecule has 0 aromatic rings. The highest BCUT2D eigenvalue weighted by Gasteiger charge is 2.25. The maximum Gasteiger partial charge on any atom is 0.0218 e. The number of nitrogens with one attached hydrogen (secondary N) is 1. The van der Waals surface area contributed by atoms with Gasteiger partial charge in [-0.2, -0.15) is 0 Å². The Labute approximate surface area is 114 Å². The number of piperazine rings is 1. The zero-order valence-corrected chi connectivity index (χ0v) is 13.1. The van der Waals surface area contributed by atoms with Gasteiger partial charge < -0.3 is 10.2 Å². The summed E-state index contributed by atoms with van der Waals surface area (Å²) in [6, 6.07) is 1.41. The van der Waals surface area contributed by atoms with E-state index >= 15 is 0 Å². The highest BCUT2D eigenvalue weighted by atomic mass is 15.3. The summed E-state index contributed by atoms with van der Waals surface area (Å²) < 4.78 is 0. The van der Waals surface area contributed by atoms with Gasteiger partial charge in [0.2, 0.25) is 0 Å². The van der Waals surface area contributed by atoms with E-state index in [4.69, 9.17) is 0 Å². The molecular formula is C15H33N3. The SMILES string of the molecule is CCC1CN(C(C)CNCCC(C)C)CCN1C. The summed E-state index contributed by atoms with van der Waals surface area (Å²) in [5.41, 5.74) is 0. The predicted octanol–water partition coefficient (Wildman–Crippen LogP) is 2.04. The van der Waals surface area contributed by atoms with Crippen molar-refractivity contribution in [3.8, 4) is 0 Å². The number of hydrogen-bond donors (Lipinski definition) is 1. The van der Waals surface area contributed by atoms with Crippen LogP contribution < -0.4 is 5.32 Å². The Morgan fingerprint density at radius 2 is 1.94 bits per heavy atom. The minimum atomic E-state index is 0.667.